The van der Waals surface area contributed by atoms with Gasteiger partial charge in [0.05, 0.1) is 18.2 Å². The first-order valence-electron chi connectivity index (χ1n) is 9.11. The number of rotatable bonds is 7. The Hall–Kier alpha value is -2.74. The van der Waals surface area contributed by atoms with E-state index in [2.05, 4.69) is 22.0 Å². The first-order valence-corrected chi connectivity index (χ1v) is 10.3. The highest BCUT2D eigenvalue weighted by atomic mass is 79.9. The number of hydrogen-bond donors (Lipinski definition) is 0. The second kappa shape index (κ2) is 10.2. The smallest absolute Gasteiger partial charge is 0.162 e. The molecule has 5 heteroatoms. The lowest BCUT2D eigenvalue weighted by Gasteiger charge is -2.14. The van der Waals surface area contributed by atoms with Gasteiger partial charge < -0.3 is 9.47 Å². The summed E-state index contributed by atoms with van der Waals surface area (Å²) in [6.45, 7) is 2.87. The summed E-state index contributed by atoms with van der Waals surface area (Å²) < 4.78 is 12.6. The Bertz CT molecular complexity index is 1040. The van der Waals surface area contributed by atoms with Gasteiger partial charge in [-0.1, -0.05) is 70.0 Å². The summed E-state index contributed by atoms with van der Waals surface area (Å²) in [6.07, 6.45) is 1.82. The molecule has 3 nitrogen and oxygen atoms in total. The normalized spacial score (nSPS) is 11.0. The van der Waals surface area contributed by atoms with Crippen LogP contribution in [0.4, 0.5) is 0 Å². The lowest BCUT2D eigenvalue weighted by molar-refractivity contribution is 0.269. The van der Waals surface area contributed by atoms with Crippen LogP contribution in [0.1, 0.15) is 23.6 Å². The second-order valence-corrected chi connectivity index (χ2v) is 7.50. The van der Waals surface area contributed by atoms with Crippen LogP contribution in [-0.2, 0) is 6.61 Å². The van der Waals surface area contributed by atoms with Gasteiger partial charge in [0, 0.05) is 9.50 Å². The van der Waals surface area contributed by atoms with Crippen LogP contribution >= 0.6 is 27.5 Å². The highest BCUT2D eigenvalue weighted by Gasteiger charge is 2.12. The van der Waals surface area contributed by atoms with E-state index in [0.29, 0.717) is 35.3 Å². The Labute approximate surface area is 184 Å². The number of nitriles is 1. The minimum Gasteiger partial charge on any atom is -0.490 e. The molecule has 0 radical (unpaired) electrons. The van der Waals surface area contributed by atoms with Gasteiger partial charge in [-0.05, 0) is 54.0 Å². The summed E-state index contributed by atoms with van der Waals surface area (Å²) in [7, 11) is 0. The average molecular weight is 469 g/mol. The third-order valence-corrected chi connectivity index (χ3v) is 5.11. The molecular weight excluding hydrogens is 450 g/mol. The van der Waals surface area contributed by atoms with E-state index in [1.54, 1.807) is 12.1 Å². The Morgan fingerprint density at radius 3 is 2.38 bits per heavy atom. The largest absolute Gasteiger partial charge is 0.490 e. The van der Waals surface area contributed by atoms with Crippen molar-refractivity contribution < 1.29 is 9.47 Å². The minimum absolute atomic E-state index is 0.441. The van der Waals surface area contributed by atoms with E-state index >= 15 is 0 Å². The highest BCUT2D eigenvalue weighted by molar-refractivity contribution is 9.10. The monoisotopic (exact) mass is 467 g/mol. The fourth-order valence-corrected chi connectivity index (χ4v) is 3.31. The molecule has 0 aliphatic heterocycles. The Kier molecular flexibility index (Phi) is 7.35. The van der Waals surface area contributed by atoms with Crippen molar-refractivity contribution in [2.45, 2.75) is 13.5 Å². The van der Waals surface area contributed by atoms with Gasteiger partial charge in [-0.2, -0.15) is 5.26 Å². The molecule has 146 valence electrons. The molecule has 0 aliphatic rings. The molecule has 0 atom stereocenters. The zero-order valence-corrected chi connectivity index (χ0v) is 18.2. The topological polar surface area (TPSA) is 42.2 Å². The molecule has 3 aromatic carbocycles. The summed E-state index contributed by atoms with van der Waals surface area (Å²) in [4.78, 5) is 0. The van der Waals surface area contributed by atoms with Crippen LogP contribution in [-0.4, -0.2) is 6.61 Å². The SMILES string of the molecule is CCOc1cc(/C=C(\C#N)c2ccc(Cl)cc2)c(Br)cc1OCc1ccccc1. The number of hydrogen-bond acceptors (Lipinski definition) is 3. The predicted octanol–water partition coefficient (Wildman–Crippen LogP) is 7.14. The first kappa shape index (κ1) is 21.0. The number of benzene rings is 3. The van der Waals surface area contributed by atoms with Crippen LogP contribution in [0.15, 0.2) is 71.2 Å². The van der Waals surface area contributed by atoms with Crippen molar-refractivity contribution in [3.05, 3.63) is 92.9 Å². The van der Waals surface area contributed by atoms with Crippen LogP contribution in [0, 0.1) is 11.3 Å². The highest BCUT2D eigenvalue weighted by Crippen LogP contribution is 2.36. The third kappa shape index (κ3) is 5.63. The fourth-order valence-electron chi connectivity index (χ4n) is 2.74. The van der Waals surface area contributed by atoms with Crippen molar-refractivity contribution in [2.24, 2.45) is 0 Å². The molecular formula is C24H19BrClNO2. The van der Waals surface area contributed by atoms with Crippen LogP contribution in [0.25, 0.3) is 11.6 Å². The standard InChI is InChI=1S/C24H19BrClNO2/c1-2-28-23-13-19(12-20(15-27)18-8-10-21(26)11-9-18)22(25)14-24(23)29-16-17-6-4-3-5-7-17/h3-14H,2,16H2,1H3/b20-12+. The zero-order chi connectivity index (χ0) is 20.6. The minimum atomic E-state index is 0.441. The van der Waals surface area contributed by atoms with Crippen molar-refractivity contribution in [1.29, 1.82) is 5.26 Å². The van der Waals surface area contributed by atoms with Gasteiger partial charge in [-0.3, -0.25) is 0 Å². The average Bonchev–Trinajstić information content (AvgIpc) is 2.74. The molecule has 0 saturated heterocycles. The van der Waals surface area contributed by atoms with Gasteiger partial charge in [0.1, 0.15) is 6.61 Å². The molecule has 0 bridgehead atoms. The van der Waals surface area contributed by atoms with Crippen molar-refractivity contribution >= 4 is 39.2 Å². The van der Waals surface area contributed by atoms with Crippen molar-refractivity contribution in [3.8, 4) is 17.6 Å². The van der Waals surface area contributed by atoms with E-state index < -0.39 is 0 Å². The quantitative estimate of drug-likeness (QED) is 0.273. The van der Waals surface area contributed by atoms with E-state index in [1.165, 1.54) is 0 Å². The molecule has 0 heterocycles. The Morgan fingerprint density at radius 1 is 1.03 bits per heavy atom. The van der Waals surface area contributed by atoms with Crippen LogP contribution in [0.2, 0.25) is 5.02 Å². The molecule has 0 N–H and O–H groups in total. The lowest BCUT2D eigenvalue weighted by atomic mass is 10.0. The maximum atomic E-state index is 9.62. The molecule has 0 amide bonds. The van der Waals surface area contributed by atoms with E-state index in [1.807, 2.05) is 67.6 Å². The van der Waals surface area contributed by atoms with Gasteiger partial charge in [0.15, 0.2) is 11.5 Å². The van der Waals surface area contributed by atoms with Crippen LogP contribution in [0.5, 0.6) is 11.5 Å². The second-order valence-electron chi connectivity index (χ2n) is 6.20. The van der Waals surface area contributed by atoms with E-state index in [4.69, 9.17) is 21.1 Å². The fraction of sp³-hybridized carbons (Fsp3) is 0.125. The number of nitrogens with zero attached hydrogens (tertiary/aromatic N) is 1. The number of halogens is 2. The molecule has 29 heavy (non-hydrogen) atoms. The summed E-state index contributed by atoms with van der Waals surface area (Å²) in [5.74, 6) is 1.27. The Balaban J connectivity index is 1.92. The van der Waals surface area contributed by atoms with Crippen LogP contribution in [0.3, 0.4) is 0 Å². The van der Waals surface area contributed by atoms with Crippen molar-refractivity contribution in [1.82, 2.24) is 0 Å². The molecule has 0 fully saturated rings. The molecule has 3 rings (SSSR count). The summed E-state index contributed by atoms with van der Waals surface area (Å²) in [6, 6.07) is 23.1. The lowest BCUT2D eigenvalue weighted by Crippen LogP contribution is -2.00. The van der Waals surface area contributed by atoms with Crippen molar-refractivity contribution in [3.63, 3.8) is 0 Å². The van der Waals surface area contributed by atoms with E-state index in [9.17, 15) is 5.26 Å². The molecule has 0 spiro atoms. The Morgan fingerprint density at radius 2 is 1.72 bits per heavy atom. The van der Waals surface area contributed by atoms with Gasteiger partial charge in [0.25, 0.3) is 0 Å². The van der Waals surface area contributed by atoms with Gasteiger partial charge >= 0.3 is 0 Å². The summed E-state index contributed by atoms with van der Waals surface area (Å²) >= 11 is 9.54. The zero-order valence-electron chi connectivity index (χ0n) is 15.9. The first-order chi connectivity index (χ1) is 14.1. The van der Waals surface area contributed by atoms with E-state index in [-0.39, 0.29) is 0 Å². The van der Waals surface area contributed by atoms with Gasteiger partial charge in [0.2, 0.25) is 0 Å². The van der Waals surface area contributed by atoms with Crippen LogP contribution < -0.4 is 9.47 Å². The molecule has 0 aliphatic carbocycles. The molecule has 0 saturated carbocycles. The third-order valence-electron chi connectivity index (χ3n) is 4.18. The maximum absolute atomic E-state index is 9.62. The summed E-state index contributed by atoms with van der Waals surface area (Å²) in [5.41, 5.74) is 3.23. The van der Waals surface area contributed by atoms with Gasteiger partial charge in [-0.25, -0.2) is 0 Å². The molecule has 0 unspecified atom stereocenters. The van der Waals surface area contributed by atoms with Gasteiger partial charge in [-0.15, -0.1) is 0 Å². The predicted molar refractivity (Wildman–Crippen MR) is 121 cm³/mol. The number of allylic oxidation sites excluding steroid dienone is 1. The molecule has 3 aromatic rings. The summed E-state index contributed by atoms with van der Waals surface area (Å²) in [5, 5.41) is 10.2. The maximum Gasteiger partial charge on any atom is 0.162 e. The van der Waals surface area contributed by atoms with Crippen molar-refractivity contribution in [2.75, 3.05) is 6.61 Å². The van der Waals surface area contributed by atoms with E-state index in [0.717, 1.165) is 21.2 Å². The molecule has 0 aromatic heterocycles. The number of ether oxygens (including phenoxy) is 2.